The van der Waals surface area contributed by atoms with Crippen LogP contribution in [0.5, 0.6) is 0 Å². The van der Waals surface area contributed by atoms with Crippen LogP contribution in [-0.4, -0.2) is 5.97 Å². The van der Waals surface area contributed by atoms with Gasteiger partial charge in [0.1, 0.15) is 29.6 Å². The van der Waals surface area contributed by atoms with Crippen LogP contribution in [0.1, 0.15) is 29.5 Å². The minimum absolute atomic E-state index is 0.0743. The molecule has 30 heavy (non-hydrogen) atoms. The Kier molecular flexibility index (Phi) is 6.35. The molecule has 4 heterocycles. The number of furan rings is 4. The largest absolute Gasteiger partial charge is 0.469 e. The summed E-state index contributed by atoms with van der Waals surface area (Å²) in [6.45, 7) is 0.0743. The van der Waals surface area contributed by atoms with E-state index in [1.165, 1.54) is 0 Å². The molecule has 6 nitrogen and oxygen atoms in total. The van der Waals surface area contributed by atoms with Gasteiger partial charge in [0, 0.05) is 24.8 Å². The van der Waals surface area contributed by atoms with Crippen molar-refractivity contribution < 1.29 is 27.2 Å². The highest BCUT2D eigenvalue weighted by molar-refractivity contribution is 5.89. The minimum Gasteiger partial charge on any atom is -0.469 e. The SMILES string of the molecule is O=C(OCc1ccco1)C(CCc1ccco1)=C(Cc1ccco1)Cc1ccco1. The van der Waals surface area contributed by atoms with Crippen molar-refractivity contribution in [1.82, 2.24) is 0 Å². The lowest BCUT2D eigenvalue weighted by Gasteiger charge is -2.14. The second-order valence-corrected chi connectivity index (χ2v) is 6.83. The van der Waals surface area contributed by atoms with Gasteiger partial charge >= 0.3 is 5.97 Å². The smallest absolute Gasteiger partial charge is 0.334 e. The summed E-state index contributed by atoms with van der Waals surface area (Å²) in [5.41, 5.74) is 1.47. The van der Waals surface area contributed by atoms with Crippen LogP contribution in [0.15, 0.2) is 102 Å². The van der Waals surface area contributed by atoms with Crippen molar-refractivity contribution in [3.05, 3.63) is 108 Å². The number of aryl methyl sites for hydroxylation is 1. The van der Waals surface area contributed by atoms with Gasteiger partial charge in [0.05, 0.1) is 25.1 Å². The monoisotopic (exact) mass is 406 g/mol. The van der Waals surface area contributed by atoms with Crippen LogP contribution >= 0.6 is 0 Å². The third-order valence-corrected chi connectivity index (χ3v) is 4.74. The van der Waals surface area contributed by atoms with Crippen LogP contribution in [0.2, 0.25) is 0 Å². The van der Waals surface area contributed by atoms with E-state index in [0.717, 1.165) is 22.9 Å². The van der Waals surface area contributed by atoms with E-state index in [9.17, 15) is 4.79 Å². The lowest BCUT2D eigenvalue weighted by Crippen LogP contribution is -2.13. The molecule has 0 spiro atoms. The summed E-state index contributed by atoms with van der Waals surface area (Å²) in [7, 11) is 0. The van der Waals surface area contributed by atoms with Crippen LogP contribution in [0.25, 0.3) is 0 Å². The summed E-state index contributed by atoms with van der Waals surface area (Å²) in [6.07, 6.45) is 8.44. The fraction of sp³-hybridized carbons (Fsp3) is 0.208. The molecular weight excluding hydrogens is 384 g/mol. The summed E-state index contributed by atoms with van der Waals surface area (Å²) >= 11 is 0. The van der Waals surface area contributed by atoms with Crippen molar-refractivity contribution in [1.29, 1.82) is 0 Å². The molecule has 0 aliphatic carbocycles. The molecule has 0 aromatic carbocycles. The molecular formula is C24H22O6. The molecule has 0 amide bonds. The number of hydrogen-bond donors (Lipinski definition) is 0. The Morgan fingerprint density at radius 1 is 0.700 bits per heavy atom. The van der Waals surface area contributed by atoms with E-state index in [-0.39, 0.29) is 12.6 Å². The third kappa shape index (κ3) is 5.23. The van der Waals surface area contributed by atoms with E-state index in [1.807, 2.05) is 36.4 Å². The number of rotatable bonds is 10. The maximum atomic E-state index is 13.1. The average Bonchev–Trinajstić information content (AvgIpc) is 3.56. The lowest BCUT2D eigenvalue weighted by molar-refractivity contribution is -0.141. The molecule has 4 aromatic rings. The molecule has 0 aliphatic heterocycles. The van der Waals surface area contributed by atoms with E-state index >= 15 is 0 Å². The molecule has 4 rings (SSSR count). The second-order valence-electron chi connectivity index (χ2n) is 6.83. The molecule has 0 saturated carbocycles. The topological polar surface area (TPSA) is 78.9 Å². The fourth-order valence-corrected chi connectivity index (χ4v) is 3.27. The van der Waals surface area contributed by atoms with E-state index in [1.54, 1.807) is 37.2 Å². The lowest BCUT2D eigenvalue weighted by atomic mass is 9.95. The number of carbonyl (C=O) groups excluding carboxylic acids is 1. The van der Waals surface area contributed by atoms with Crippen molar-refractivity contribution in [3.8, 4) is 0 Å². The van der Waals surface area contributed by atoms with Crippen LogP contribution in [-0.2, 0) is 35.4 Å². The molecule has 0 atom stereocenters. The van der Waals surface area contributed by atoms with Gasteiger partial charge in [-0.1, -0.05) is 0 Å². The van der Waals surface area contributed by atoms with Crippen molar-refractivity contribution in [2.45, 2.75) is 32.3 Å². The van der Waals surface area contributed by atoms with Gasteiger partial charge in [0.2, 0.25) is 0 Å². The Morgan fingerprint density at radius 2 is 1.20 bits per heavy atom. The first-order chi connectivity index (χ1) is 14.8. The Labute approximate surface area is 173 Å². The van der Waals surface area contributed by atoms with Gasteiger partial charge in [0.25, 0.3) is 0 Å². The summed E-state index contributed by atoms with van der Waals surface area (Å²) in [5, 5.41) is 0. The zero-order valence-electron chi connectivity index (χ0n) is 16.4. The van der Waals surface area contributed by atoms with Gasteiger partial charge in [-0.2, -0.15) is 0 Å². The van der Waals surface area contributed by atoms with Gasteiger partial charge in [-0.15, -0.1) is 0 Å². The second kappa shape index (κ2) is 9.69. The first-order valence-corrected chi connectivity index (χ1v) is 9.75. The van der Waals surface area contributed by atoms with E-state index in [4.69, 9.17) is 22.4 Å². The maximum Gasteiger partial charge on any atom is 0.334 e. The standard InChI is InChI=1S/C24H22O6/c25-24(30-17-22-8-4-14-29-22)23(10-9-19-5-1-11-26-19)18(15-20-6-2-12-27-20)16-21-7-3-13-28-21/h1-8,11-14H,9-10,15-17H2. The first-order valence-electron chi connectivity index (χ1n) is 9.75. The third-order valence-electron chi connectivity index (χ3n) is 4.74. The molecule has 6 heteroatoms. The number of ether oxygens (including phenoxy) is 1. The molecule has 0 N–H and O–H groups in total. The van der Waals surface area contributed by atoms with E-state index in [0.29, 0.717) is 37.0 Å². The maximum absolute atomic E-state index is 13.1. The van der Waals surface area contributed by atoms with Crippen molar-refractivity contribution in [3.63, 3.8) is 0 Å². The predicted molar refractivity (Wildman–Crippen MR) is 107 cm³/mol. The van der Waals surface area contributed by atoms with E-state index in [2.05, 4.69) is 0 Å². The molecule has 0 unspecified atom stereocenters. The van der Waals surface area contributed by atoms with Crippen LogP contribution < -0.4 is 0 Å². The molecule has 4 aromatic heterocycles. The highest BCUT2D eigenvalue weighted by atomic mass is 16.5. The van der Waals surface area contributed by atoms with Gasteiger partial charge in [-0.05, 0) is 60.5 Å². The van der Waals surface area contributed by atoms with Crippen LogP contribution in [0.4, 0.5) is 0 Å². The van der Waals surface area contributed by atoms with Gasteiger partial charge in [0.15, 0.2) is 0 Å². The molecule has 0 aliphatic rings. The zero-order valence-corrected chi connectivity index (χ0v) is 16.4. The highest BCUT2D eigenvalue weighted by Crippen LogP contribution is 2.24. The Bertz CT molecular complexity index is 997. The average molecular weight is 406 g/mol. The highest BCUT2D eigenvalue weighted by Gasteiger charge is 2.20. The molecule has 0 saturated heterocycles. The minimum atomic E-state index is -0.383. The number of allylic oxidation sites excluding steroid dienone is 1. The quantitative estimate of drug-likeness (QED) is 0.255. The normalized spacial score (nSPS) is 10.8. The number of carbonyl (C=O) groups is 1. The van der Waals surface area contributed by atoms with Crippen LogP contribution in [0.3, 0.4) is 0 Å². The predicted octanol–water partition coefficient (Wildman–Crippen LogP) is 5.52. The zero-order chi connectivity index (χ0) is 20.6. The fourth-order valence-electron chi connectivity index (χ4n) is 3.27. The molecule has 0 radical (unpaired) electrons. The summed E-state index contributed by atoms with van der Waals surface area (Å²) in [5.74, 6) is 2.55. The number of esters is 1. The Hall–Kier alpha value is -3.67. The van der Waals surface area contributed by atoms with E-state index < -0.39 is 0 Å². The van der Waals surface area contributed by atoms with Gasteiger partial charge < -0.3 is 22.4 Å². The van der Waals surface area contributed by atoms with Crippen molar-refractivity contribution >= 4 is 5.97 Å². The summed E-state index contributed by atoms with van der Waals surface area (Å²) in [6, 6.07) is 14.7. The van der Waals surface area contributed by atoms with Gasteiger partial charge in [-0.3, -0.25) is 0 Å². The molecule has 154 valence electrons. The first kappa shape index (κ1) is 19.6. The summed E-state index contributed by atoms with van der Waals surface area (Å²) in [4.78, 5) is 13.1. The van der Waals surface area contributed by atoms with Crippen LogP contribution in [0, 0.1) is 0 Å². The molecule has 0 fully saturated rings. The van der Waals surface area contributed by atoms with Gasteiger partial charge in [-0.25, -0.2) is 4.79 Å². The Balaban J connectivity index is 1.61. The van der Waals surface area contributed by atoms with Crippen molar-refractivity contribution in [2.24, 2.45) is 0 Å². The Morgan fingerprint density at radius 3 is 1.70 bits per heavy atom. The molecule has 0 bridgehead atoms. The number of hydrogen-bond acceptors (Lipinski definition) is 6. The van der Waals surface area contributed by atoms with Crippen molar-refractivity contribution in [2.75, 3.05) is 0 Å². The summed E-state index contributed by atoms with van der Waals surface area (Å²) < 4.78 is 27.3.